The molecule has 0 bridgehead atoms. The van der Waals surface area contributed by atoms with Crippen molar-refractivity contribution in [2.75, 3.05) is 19.7 Å². The van der Waals surface area contributed by atoms with Crippen molar-refractivity contribution in [3.8, 4) is 17.0 Å². The predicted octanol–water partition coefficient (Wildman–Crippen LogP) is 1.49. The van der Waals surface area contributed by atoms with Crippen LogP contribution in [0.25, 0.3) is 11.3 Å². The van der Waals surface area contributed by atoms with E-state index in [1.54, 1.807) is 12.4 Å². The lowest BCUT2D eigenvalue weighted by Crippen LogP contribution is -2.31. The van der Waals surface area contributed by atoms with Crippen LogP contribution in [0.1, 0.15) is 28.9 Å². The fourth-order valence-corrected chi connectivity index (χ4v) is 3.25. The summed E-state index contributed by atoms with van der Waals surface area (Å²) in [5, 5.41) is 6.29. The van der Waals surface area contributed by atoms with Crippen molar-refractivity contribution < 1.29 is 9.53 Å². The molecule has 23 heavy (non-hydrogen) atoms. The minimum atomic E-state index is -0.0135. The van der Waals surface area contributed by atoms with E-state index in [1.165, 1.54) is 6.42 Å². The van der Waals surface area contributed by atoms with Gasteiger partial charge in [0.1, 0.15) is 12.4 Å². The number of ether oxygens (including phenoxy) is 1. The third-order valence-corrected chi connectivity index (χ3v) is 4.48. The van der Waals surface area contributed by atoms with Crippen LogP contribution in [0.15, 0.2) is 24.5 Å². The Hall–Kier alpha value is -2.34. The lowest BCUT2D eigenvalue weighted by Gasteiger charge is -2.14. The number of rotatable bonds is 4. The van der Waals surface area contributed by atoms with Crippen LogP contribution in [0.3, 0.4) is 0 Å². The Morgan fingerprint density at radius 1 is 1.30 bits per heavy atom. The molecule has 0 spiro atoms. The van der Waals surface area contributed by atoms with Gasteiger partial charge in [-0.3, -0.25) is 9.78 Å². The number of amides is 1. The molecule has 4 rings (SSSR count). The molecule has 6 heteroatoms. The molecular weight excluding hydrogens is 292 g/mol. The molecule has 120 valence electrons. The highest BCUT2D eigenvalue weighted by Gasteiger charge is 2.21. The Kier molecular flexibility index (Phi) is 3.75. The van der Waals surface area contributed by atoms with Gasteiger partial charge in [-0.2, -0.15) is 0 Å². The number of nitrogens with one attached hydrogen (secondary N) is 3. The Balaban J connectivity index is 1.60. The van der Waals surface area contributed by atoms with Crippen molar-refractivity contribution >= 4 is 5.91 Å². The van der Waals surface area contributed by atoms with Crippen molar-refractivity contribution in [2.24, 2.45) is 0 Å². The van der Waals surface area contributed by atoms with Gasteiger partial charge in [0.25, 0.3) is 5.91 Å². The molecule has 6 nitrogen and oxygen atoms in total. The first-order chi connectivity index (χ1) is 11.3. The van der Waals surface area contributed by atoms with Crippen LogP contribution in [0.4, 0.5) is 0 Å². The molecule has 0 saturated carbocycles. The predicted molar refractivity (Wildman–Crippen MR) is 86.6 cm³/mol. The Morgan fingerprint density at radius 2 is 2.26 bits per heavy atom. The van der Waals surface area contributed by atoms with E-state index >= 15 is 0 Å². The zero-order valence-corrected chi connectivity index (χ0v) is 12.9. The van der Waals surface area contributed by atoms with Gasteiger partial charge < -0.3 is 20.4 Å². The first-order valence-corrected chi connectivity index (χ1v) is 8.12. The van der Waals surface area contributed by atoms with Crippen LogP contribution in [-0.2, 0) is 6.42 Å². The molecule has 4 heterocycles. The number of aromatic amines is 1. The molecule has 2 aromatic rings. The maximum absolute atomic E-state index is 11.9. The summed E-state index contributed by atoms with van der Waals surface area (Å²) in [6.07, 6.45) is 6.66. The number of carbonyl (C=O) groups is 1. The first-order valence-electron chi connectivity index (χ1n) is 8.12. The van der Waals surface area contributed by atoms with Crippen molar-refractivity contribution in [1.29, 1.82) is 0 Å². The van der Waals surface area contributed by atoms with Crippen molar-refractivity contribution in [1.82, 2.24) is 20.6 Å². The lowest BCUT2D eigenvalue weighted by atomic mass is 10.1. The summed E-state index contributed by atoms with van der Waals surface area (Å²) in [7, 11) is 0. The molecule has 3 N–H and O–H groups in total. The van der Waals surface area contributed by atoms with Gasteiger partial charge in [0, 0.05) is 36.5 Å². The number of carbonyl (C=O) groups excluding carboxylic acids is 1. The fourth-order valence-electron chi connectivity index (χ4n) is 3.25. The number of hydrogen-bond donors (Lipinski definition) is 3. The van der Waals surface area contributed by atoms with Crippen LogP contribution in [-0.4, -0.2) is 41.6 Å². The van der Waals surface area contributed by atoms with Gasteiger partial charge >= 0.3 is 0 Å². The van der Waals surface area contributed by atoms with E-state index in [0.29, 0.717) is 19.2 Å². The number of nitrogens with zero attached hydrogens (tertiary/aromatic N) is 1. The second-order valence-electron chi connectivity index (χ2n) is 6.06. The summed E-state index contributed by atoms with van der Waals surface area (Å²) in [6.45, 7) is 2.38. The lowest BCUT2D eigenvalue weighted by molar-refractivity contribution is 0.0946. The maximum atomic E-state index is 11.9. The minimum absolute atomic E-state index is 0.0135. The molecular formula is C17H20N4O2. The average Bonchev–Trinajstić information content (AvgIpc) is 3.23. The smallest absolute Gasteiger partial charge is 0.253 e. The average molecular weight is 312 g/mol. The van der Waals surface area contributed by atoms with Gasteiger partial charge in [-0.25, -0.2) is 0 Å². The van der Waals surface area contributed by atoms with E-state index in [9.17, 15) is 4.79 Å². The Morgan fingerprint density at radius 3 is 3.09 bits per heavy atom. The summed E-state index contributed by atoms with van der Waals surface area (Å²) in [5.41, 5.74) is 3.57. The SMILES string of the molecule is O=C1NCCc2[nH]c(-c3ccncc3OC[C@@H]3CCCN3)cc21. The molecule has 1 atom stereocenters. The molecule has 2 aliphatic heterocycles. The molecule has 2 aromatic heterocycles. The number of aromatic nitrogens is 2. The Labute approximate surface area is 134 Å². The quantitative estimate of drug-likeness (QED) is 0.799. The topological polar surface area (TPSA) is 79.0 Å². The minimum Gasteiger partial charge on any atom is -0.490 e. The van der Waals surface area contributed by atoms with Crippen LogP contribution < -0.4 is 15.4 Å². The molecule has 0 radical (unpaired) electrons. The zero-order chi connectivity index (χ0) is 15.6. The van der Waals surface area contributed by atoms with Gasteiger partial charge in [-0.1, -0.05) is 0 Å². The Bertz CT molecular complexity index is 719. The molecule has 2 aliphatic rings. The summed E-state index contributed by atoms with van der Waals surface area (Å²) >= 11 is 0. The van der Waals surface area contributed by atoms with E-state index in [-0.39, 0.29) is 5.91 Å². The van der Waals surface area contributed by atoms with Gasteiger partial charge in [-0.05, 0) is 31.5 Å². The normalized spacial score (nSPS) is 20.2. The van der Waals surface area contributed by atoms with E-state index in [2.05, 4.69) is 20.6 Å². The standard InChI is InChI=1S/C17H20N4O2/c22-17-13-8-15(21-14(13)4-7-20-17)12-3-6-18-9-16(12)23-10-11-2-1-5-19-11/h3,6,8-9,11,19,21H,1-2,4-5,7,10H2,(H,20,22)/t11-/m0/s1. The molecule has 0 aliphatic carbocycles. The third kappa shape index (κ3) is 2.82. The van der Waals surface area contributed by atoms with Gasteiger partial charge in [0.2, 0.25) is 0 Å². The van der Waals surface area contributed by atoms with Crippen molar-refractivity contribution in [3.63, 3.8) is 0 Å². The van der Waals surface area contributed by atoms with Gasteiger partial charge in [0.05, 0.1) is 17.5 Å². The van der Waals surface area contributed by atoms with Crippen LogP contribution >= 0.6 is 0 Å². The van der Waals surface area contributed by atoms with E-state index < -0.39 is 0 Å². The number of hydrogen-bond acceptors (Lipinski definition) is 4. The van der Waals surface area contributed by atoms with Gasteiger partial charge in [0.15, 0.2) is 0 Å². The van der Waals surface area contributed by atoms with Crippen LogP contribution in [0.2, 0.25) is 0 Å². The zero-order valence-electron chi connectivity index (χ0n) is 12.9. The first kappa shape index (κ1) is 14.3. The molecule has 0 aromatic carbocycles. The second-order valence-corrected chi connectivity index (χ2v) is 6.06. The van der Waals surface area contributed by atoms with E-state index in [4.69, 9.17) is 4.74 Å². The summed E-state index contributed by atoms with van der Waals surface area (Å²) in [6, 6.07) is 4.23. The largest absolute Gasteiger partial charge is 0.490 e. The second kappa shape index (κ2) is 6.04. The summed E-state index contributed by atoms with van der Waals surface area (Å²) in [5.74, 6) is 0.737. The molecule has 1 amide bonds. The summed E-state index contributed by atoms with van der Waals surface area (Å²) < 4.78 is 5.99. The highest BCUT2D eigenvalue weighted by atomic mass is 16.5. The highest BCUT2D eigenvalue weighted by molar-refractivity contribution is 5.98. The fraction of sp³-hybridized carbons (Fsp3) is 0.412. The molecule has 1 saturated heterocycles. The molecule has 1 fully saturated rings. The van der Waals surface area contributed by atoms with E-state index in [1.807, 2.05) is 12.1 Å². The van der Waals surface area contributed by atoms with Crippen molar-refractivity contribution in [3.05, 3.63) is 35.8 Å². The highest BCUT2D eigenvalue weighted by Crippen LogP contribution is 2.31. The summed E-state index contributed by atoms with van der Waals surface area (Å²) in [4.78, 5) is 19.5. The van der Waals surface area contributed by atoms with Crippen LogP contribution in [0, 0.1) is 0 Å². The van der Waals surface area contributed by atoms with E-state index in [0.717, 1.165) is 47.7 Å². The third-order valence-electron chi connectivity index (χ3n) is 4.48. The number of pyridine rings is 1. The number of fused-ring (bicyclic) bond motifs is 1. The van der Waals surface area contributed by atoms with Crippen LogP contribution in [0.5, 0.6) is 5.75 Å². The van der Waals surface area contributed by atoms with Gasteiger partial charge in [-0.15, -0.1) is 0 Å². The maximum Gasteiger partial charge on any atom is 0.253 e. The number of H-pyrrole nitrogens is 1. The monoisotopic (exact) mass is 312 g/mol. The molecule has 0 unspecified atom stereocenters. The van der Waals surface area contributed by atoms with Crippen molar-refractivity contribution in [2.45, 2.75) is 25.3 Å².